The Labute approximate surface area is 114 Å². The van der Waals surface area contributed by atoms with E-state index in [4.69, 9.17) is 0 Å². The monoisotopic (exact) mass is 265 g/mol. The SMILES string of the molecule is CC(C)C(O)CCNC(=O)c1cccnc1N(C)C. The fourth-order valence-electron chi connectivity index (χ4n) is 1.69. The summed E-state index contributed by atoms with van der Waals surface area (Å²) in [7, 11) is 3.70. The van der Waals surface area contributed by atoms with Crippen LogP contribution in [0.15, 0.2) is 18.3 Å². The van der Waals surface area contributed by atoms with Crippen molar-refractivity contribution >= 4 is 11.7 Å². The van der Waals surface area contributed by atoms with Crippen LogP contribution in [-0.4, -0.2) is 42.7 Å². The van der Waals surface area contributed by atoms with Crippen molar-refractivity contribution in [3.05, 3.63) is 23.9 Å². The molecular weight excluding hydrogens is 242 g/mol. The van der Waals surface area contributed by atoms with Gasteiger partial charge in [0.15, 0.2) is 0 Å². The van der Waals surface area contributed by atoms with Gasteiger partial charge in [0.2, 0.25) is 0 Å². The highest BCUT2D eigenvalue weighted by Crippen LogP contribution is 2.14. The Morgan fingerprint density at radius 3 is 2.74 bits per heavy atom. The molecule has 0 aliphatic heterocycles. The molecule has 5 heteroatoms. The lowest BCUT2D eigenvalue weighted by molar-refractivity contribution is 0.0920. The largest absolute Gasteiger partial charge is 0.393 e. The van der Waals surface area contributed by atoms with Gasteiger partial charge in [-0.3, -0.25) is 4.79 Å². The number of anilines is 1. The molecule has 1 unspecified atom stereocenters. The molecule has 1 aromatic rings. The summed E-state index contributed by atoms with van der Waals surface area (Å²) >= 11 is 0. The third kappa shape index (κ3) is 4.52. The standard InChI is InChI=1S/C14H23N3O2/c1-10(2)12(18)7-9-16-14(19)11-6-5-8-15-13(11)17(3)4/h5-6,8,10,12,18H,7,9H2,1-4H3,(H,16,19). The first-order valence-electron chi connectivity index (χ1n) is 6.52. The number of rotatable bonds is 6. The van der Waals surface area contributed by atoms with E-state index in [-0.39, 0.29) is 17.9 Å². The molecule has 0 saturated heterocycles. The summed E-state index contributed by atoms with van der Waals surface area (Å²) in [5, 5.41) is 12.5. The minimum atomic E-state index is -0.387. The molecule has 0 fully saturated rings. The lowest BCUT2D eigenvalue weighted by Gasteiger charge is -2.17. The molecule has 19 heavy (non-hydrogen) atoms. The summed E-state index contributed by atoms with van der Waals surface area (Å²) in [6, 6.07) is 3.49. The van der Waals surface area contributed by atoms with Crippen molar-refractivity contribution in [2.45, 2.75) is 26.4 Å². The molecule has 1 aromatic heterocycles. The van der Waals surface area contributed by atoms with Gasteiger partial charge >= 0.3 is 0 Å². The highest BCUT2D eigenvalue weighted by atomic mass is 16.3. The lowest BCUT2D eigenvalue weighted by Crippen LogP contribution is -2.30. The number of carbonyl (C=O) groups is 1. The first-order valence-corrected chi connectivity index (χ1v) is 6.52. The van der Waals surface area contributed by atoms with Crippen molar-refractivity contribution in [2.24, 2.45) is 5.92 Å². The Morgan fingerprint density at radius 1 is 1.47 bits per heavy atom. The van der Waals surface area contributed by atoms with Crippen molar-refractivity contribution in [3.63, 3.8) is 0 Å². The van der Waals surface area contributed by atoms with Crippen LogP contribution in [0.25, 0.3) is 0 Å². The topological polar surface area (TPSA) is 65.5 Å². The van der Waals surface area contributed by atoms with Gasteiger partial charge in [-0.05, 0) is 24.5 Å². The molecule has 1 heterocycles. The maximum Gasteiger partial charge on any atom is 0.255 e. The second kappa shape index (κ2) is 7.09. The quantitative estimate of drug-likeness (QED) is 0.813. The third-order valence-electron chi connectivity index (χ3n) is 2.95. The zero-order valence-electron chi connectivity index (χ0n) is 12.1. The first kappa shape index (κ1) is 15.4. The van der Waals surface area contributed by atoms with Crippen LogP contribution in [0.5, 0.6) is 0 Å². The van der Waals surface area contributed by atoms with E-state index < -0.39 is 0 Å². The van der Waals surface area contributed by atoms with Gasteiger partial charge in [-0.15, -0.1) is 0 Å². The van der Waals surface area contributed by atoms with Gasteiger partial charge < -0.3 is 15.3 Å². The summed E-state index contributed by atoms with van der Waals surface area (Å²) in [4.78, 5) is 18.1. The Kier molecular flexibility index (Phi) is 5.76. The molecule has 1 amide bonds. The summed E-state index contributed by atoms with van der Waals surface area (Å²) in [6.07, 6.45) is 1.83. The minimum Gasteiger partial charge on any atom is -0.393 e. The normalized spacial score (nSPS) is 12.3. The molecule has 0 aliphatic rings. The van der Waals surface area contributed by atoms with Crippen LogP contribution in [0.3, 0.4) is 0 Å². The van der Waals surface area contributed by atoms with Gasteiger partial charge in [-0.2, -0.15) is 0 Å². The lowest BCUT2D eigenvalue weighted by atomic mass is 10.0. The van der Waals surface area contributed by atoms with E-state index in [1.165, 1.54) is 0 Å². The second-order valence-corrected chi connectivity index (χ2v) is 5.12. The van der Waals surface area contributed by atoms with Crippen LogP contribution >= 0.6 is 0 Å². The van der Waals surface area contributed by atoms with E-state index in [1.807, 2.05) is 27.9 Å². The molecular formula is C14H23N3O2. The number of nitrogens with zero attached hydrogens (tertiary/aromatic N) is 2. The predicted octanol–water partition coefficient (Wildman–Crippen LogP) is 1.28. The summed E-state index contributed by atoms with van der Waals surface area (Å²) in [5.41, 5.74) is 0.548. The summed E-state index contributed by atoms with van der Waals surface area (Å²) in [6.45, 7) is 4.37. The number of aliphatic hydroxyl groups is 1. The average Bonchev–Trinajstić information content (AvgIpc) is 2.38. The minimum absolute atomic E-state index is 0.159. The first-order chi connectivity index (χ1) is 8.93. The number of aliphatic hydroxyl groups excluding tert-OH is 1. The van der Waals surface area contributed by atoms with Crippen molar-refractivity contribution in [3.8, 4) is 0 Å². The Hall–Kier alpha value is -1.62. The smallest absolute Gasteiger partial charge is 0.255 e. The van der Waals surface area contributed by atoms with Crippen LogP contribution in [0.1, 0.15) is 30.6 Å². The van der Waals surface area contributed by atoms with Crippen molar-refractivity contribution < 1.29 is 9.90 Å². The van der Waals surface area contributed by atoms with Gasteiger partial charge in [0.05, 0.1) is 11.7 Å². The van der Waals surface area contributed by atoms with Gasteiger partial charge in [0.25, 0.3) is 5.91 Å². The highest BCUT2D eigenvalue weighted by Gasteiger charge is 2.14. The number of hydrogen-bond acceptors (Lipinski definition) is 4. The summed E-state index contributed by atoms with van der Waals surface area (Å²) in [5.74, 6) is 0.685. The number of nitrogens with one attached hydrogen (secondary N) is 1. The maximum atomic E-state index is 12.1. The predicted molar refractivity (Wildman–Crippen MR) is 76.4 cm³/mol. The van der Waals surface area contributed by atoms with Gasteiger partial charge in [-0.25, -0.2) is 4.98 Å². The molecule has 106 valence electrons. The van der Waals surface area contributed by atoms with E-state index in [1.54, 1.807) is 23.2 Å². The van der Waals surface area contributed by atoms with E-state index in [9.17, 15) is 9.90 Å². The Bertz CT molecular complexity index is 419. The van der Waals surface area contributed by atoms with Gasteiger partial charge in [0, 0.05) is 26.8 Å². The number of carbonyl (C=O) groups excluding carboxylic acids is 1. The van der Waals surface area contributed by atoms with Crippen LogP contribution < -0.4 is 10.2 Å². The van der Waals surface area contributed by atoms with E-state index >= 15 is 0 Å². The van der Waals surface area contributed by atoms with E-state index in [0.29, 0.717) is 24.3 Å². The Morgan fingerprint density at radius 2 is 2.16 bits per heavy atom. The molecule has 0 aromatic carbocycles. The van der Waals surface area contributed by atoms with Crippen LogP contribution in [0, 0.1) is 5.92 Å². The summed E-state index contributed by atoms with van der Waals surface area (Å²) < 4.78 is 0. The number of amides is 1. The number of hydrogen-bond donors (Lipinski definition) is 2. The molecule has 0 bridgehead atoms. The number of pyridine rings is 1. The van der Waals surface area contributed by atoms with Crippen LogP contribution in [0.4, 0.5) is 5.82 Å². The van der Waals surface area contributed by atoms with Crippen molar-refractivity contribution in [1.29, 1.82) is 0 Å². The fraction of sp³-hybridized carbons (Fsp3) is 0.571. The third-order valence-corrected chi connectivity index (χ3v) is 2.95. The average molecular weight is 265 g/mol. The highest BCUT2D eigenvalue weighted by molar-refractivity contribution is 5.98. The van der Waals surface area contributed by atoms with Crippen LogP contribution in [-0.2, 0) is 0 Å². The molecule has 0 aliphatic carbocycles. The van der Waals surface area contributed by atoms with Crippen molar-refractivity contribution in [2.75, 3.05) is 25.5 Å². The number of aromatic nitrogens is 1. The zero-order valence-corrected chi connectivity index (χ0v) is 12.1. The maximum absolute atomic E-state index is 12.1. The second-order valence-electron chi connectivity index (χ2n) is 5.12. The molecule has 0 radical (unpaired) electrons. The van der Waals surface area contributed by atoms with Gasteiger partial charge in [0.1, 0.15) is 5.82 Å². The van der Waals surface area contributed by atoms with E-state index in [2.05, 4.69) is 10.3 Å². The van der Waals surface area contributed by atoms with E-state index in [0.717, 1.165) is 0 Å². The molecule has 2 N–H and O–H groups in total. The van der Waals surface area contributed by atoms with Crippen molar-refractivity contribution in [1.82, 2.24) is 10.3 Å². The Balaban J connectivity index is 2.59. The molecule has 5 nitrogen and oxygen atoms in total. The molecule has 1 atom stereocenters. The van der Waals surface area contributed by atoms with Gasteiger partial charge in [-0.1, -0.05) is 13.8 Å². The molecule has 1 rings (SSSR count). The molecule has 0 saturated carbocycles. The fourth-order valence-corrected chi connectivity index (χ4v) is 1.69. The van der Waals surface area contributed by atoms with Crippen LogP contribution in [0.2, 0.25) is 0 Å². The molecule has 0 spiro atoms. The zero-order chi connectivity index (χ0) is 14.4.